The minimum Gasteiger partial charge on any atom is -0.377 e. The molecule has 0 amide bonds. The van der Waals surface area contributed by atoms with Crippen LogP contribution in [0.5, 0.6) is 0 Å². The average molecular weight is 312 g/mol. The van der Waals surface area contributed by atoms with Gasteiger partial charge in [0, 0.05) is 12.3 Å². The number of anilines is 1. The van der Waals surface area contributed by atoms with Gasteiger partial charge in [0.1, 0.15) is 10.6 Å². The SMILES string of the molecule is CC1CCC(Nc2cccc(S(C)(=O)=O)c2[N+](=O)[O-])CC1. The van der Waals surface area contributed by atoms with Gasteiger partial charge in [-0.05, 0) is 43.7 Å². The van der Waals surface area contributed by atoms with Gasteiger partial charge >= 0.3 is 5.69 Å². The van der Waals surface area contributed by atoms with Gasteiger partial charge in [0.2, 0.25) is 0 Å². The quantitative estimate of drug-likeness (QED) is 0.682. The molecule has 1 aromatic rings. The van der Waals surface area contributed by atoms with Crippen LogP contribution in [0.3, 0.4) is 0 Å². The molecule has 1 saturated carbocycles. The molecule has 1 N–H and O–H groups in total. The molecular weight excluding hydrogens is 292 g/mol. The lowest BCUT2D eigenvalue weighted by Gasteiger charge is -2.27. The molecule has 1 fully saturated rings. The minimum atomic E-state index is -3.63. The summed E-state index contributed by atoms with van der Waals surface area (Å²) in [5, 5.41) is 14.4. The summed E-state index contributed by atoms with van der Waals surface area (Å²) >= 11 is 0. The number of rotatable bonds is 4. The molecule has 0 atom stereocenters. The van der Waals surface area contributed by atoms with Crippen molar-refractivity contribution in [1.29, 1.82) is 0 Å². The van der Waals surface area contributed by atoms with E-state index in [1.54, 1.807) is 6.07 Å². The van der Waals surface area contributed by atoms with Crippen LogP contribution in [-0.4, -0.2) is 25.6 Å². The molecule has 0 heterocycles. The average Bonchev–Trinajstić information content (AvgIpc) is 2.40. The van der Waals surface area contributed by atoms with Crippen molar-refractivity contribution in [3.8, 4) is 0 Å². The Balaban J connectivity index is 2.33. The van der Waals surface area contributed by atoms with Crippen LogP contribution in [0, 0.1) is 16.0 Å². The van der Waals surface area contributed by atoms with E-state index in [4.69, 9.17) is 0 Å². The predicted octanol–water partition coefficient (Wildman–Crippen LogP) is 2.99. The van der Waals surface area contributed by atoms with Crippen LogP contribution in [0.4, 0.5) is 11.4 Å². The Kier molecular flexibility index (Phi) is 4.51. The Morgan fingerprint density at radius 2 is 1.86 bits per heavy atom. The van der Waals surface area contributed by atoms with Gasteiger partial charge in [-0.15, -0.1) is 0 Å². The second-order valence-corrected chi connectivity index (χ2v) is 7.77. The number of nitrogens with zero attached hydrogens (tertiary/aromatic N) is 1. The molecule has 1 aromatic carbocycles. The Bertz CT molecular complexity index is 634. The highest BCUT2D eigenvalue weighted by molar-refractivity contribution is 7.90. The van der Waals surface area contributed by atoms with Crippen molar-refractivity contribution in [2.24, 2.45) is 5.92 Å². The third-order valence-corrected chi connectivity index (χ3v) is 5.08. The molecular formula is C14H20N2O4S. The van der Waals surface area contributed by atoms with Gasteiger partial charge in [-0.1, -0.05) is 13.0 Å². The molecule has 0 radical (unpaired) electrons. The van der Waals surface area contributed by atoms with Crippen LogP contribution in [0.15, 0.2) is 23.1 Å². The standard InChI is InChI=1S/C14H20N2O4S/c1-10-6-8-11(9-7-10)15-12-4-3-5-13(21(2,19)20)14(12)16(17)18/h3-5,10-11,15H,6-9H2,1-2H3. The van der Waals surface area contributed by atoms with Gasteiger partial charge in [0.25, 0.3) is 0 Å². The monoisotopic (exact) mass is 312 g/mol. The van der Waals surface area contributed by atoms with Crippen LogP contribution < -0.4 is 5.32 Å². The van der Waals surface area contributed by atoms with E-state index in [-0.39, 0.29) is 16.6 Å². The first-order valence-corrected chi connectivity index (χ1v) is 8.92. The second-order valence-electron chi connectivity index (χ2n) is 5.78. The lowest BCUT2D eigenvalue weighted by Crippen LogP contribution is -2.25. The molecule has 116 valence electrons. The number of benzene rings is 1. The highest BCUT2D eigenvalue weighted by Gasteiger charge is 2.28. The van der Waals surface area contributed by atoms with E-state index in [9.17, 15) is 18.5 Å². The van der Waals surface area contributed by atoms with Crippen LogP contribution in [0.25, 0.3) is 0 Å². The van der Waals surface area contributed by atoms with E-state index < -0.39 is 14.8 Å². The number of nitro groups is 1. The number of para-hydroxylation sites is 1. The lowest BCUT2D eigenvalue weighted by molar-refractivity contribution is -0.386. The van der Waals surface area contributed by atoms with Gasteiger partial charge in [0.05, 0.1) is 4.92 Å². The van der Waals surface area contributed by atoms with Crippen LogP contribution in [0.1, 0.15) is 32.6 Å². The predicted molar refractivity (Wildman–Crippen MR) is 81.2 cm³/mol. The van der Waals surface area contributed by atoms with Gasteiger partial charge in [0.15, 0.2) is 9.84 Å². The van der Waals surface area contributed by atoms with Crippen molar-refractivity contribution in [3.63, 3.8) is 0 Å². The summed E-state index contributed by atoms with van der Waals surface area (Å²) in [5.41, 5.74) is -0.0545. The zero-order valence-corrected chi connectivity index (χ0v) is 13.0. The van der Waals surface area contributed by atoms with Crippen molar-refractivity contribution in [2.45, 2.75) is 43.5 Å². The lowest BCUT2D eigenvalue weighted by atomic mass is 9.87. The normalized spacial score (nSPS) is 22.8. The number of sulfone groups is 1. The third-order valence-electron chi connectivity index (χ3n) is 3.96. The van der Waals surface area contributed by atoms with Crippen molar-refractivity contribution in [2.75, 3.05) is 11.6 Å². The summed E-state index contributed by atoms with van der Waals surface area (Å²) in [5.74, 6) is 0.681. The zero-order chi connectivity index (χ0) is 15.6. The van der Waals surface area contributed by atoms with E-state index in [2.05, 4.69) is 12.2 Å². The highest BCUT2D eigenvalue weighted by atomic mass is 32.2. The summed E-state index contributed by atoms with van der Waals surface area (Å²) < 4.78 is 23.4. The molecule has 0 bridgehead atoms. The fourth-order valence-electron chi connectivity index (χ4n) is 2.75. The molecule has 6 nitrogen and oxygen atoms in total. The Hall–Kier alpha value is -1.63. The number of hydrogen-bond donors (Lipinski definition) is 1. The van der Waals surface area contributed by atoms with Crippen LogP contribution in [-0.2, 0) is 9.84 Å². The van der Waals surface area contributed by atoms with E-state index in [0.29, 0.717) is 11.6 Å². The zero-order valence-electron chi connectivity index (χ0n) is 12.2. The summed E-state index contributed by atoms with van der Waals surface area (Å²) in [6.45, 7) is 2.20. The maximum atomic E-state index is 11.7. The number of hydrogen-bond acceptors (Lipinski definition) is 5. The topological polar surface area (TPSA) is 89.3 Å². The van der Waals surface area contributed by atoms with Crippen LogP contribution in [0.2, 0.25) is 0 Å². The first kappa shape index (κ1) is 15.8. The van der Waals surface area contributed by atoms with E-state index in [0.717, 1.165) is 31.9 Å². The molecule has 0 aliphatic heterocycles. The molecule has 0 unspecified atom stereocenters. The molecule has 0 spiro atoms. The Morgan fingerprint density at radius 3 is 2.38 bits per heavy atom. The van der Waals surface area contributed by atoms with E-state index in [1.807, 2.05) is 0 Å². The second kappa shape index (κ2) is 6.01. The number of nitrogens with one attached hydrogen (secondary N) is 1. The maximum Gasteiger partial charge on any atom is 0.310 e. The summed E-state index contributed by atoms with van der Waals surface area (Å²) in [6, 6.07) is 4.55. The molecule has 7 heteroatoms. The Morgan fingerprint density at radius 1 is 1.24 bits per heavy atom. The molecule has 1 aliphatic carbocycles. The van der Waals surface area contributed by atoms with E-state index >= 15 is 0 Å². The van der Waals surface area contributed by atoms with Gasteiger partial charge in [-0.2, -0.15) is 0 Å². The van der Waals surface area contributed by atoms with Crippen molar-refractivity contribution >= 4 is 21.2 Å². The fraction of sp³-hybridized carbons (Fsp3) is 0.571. The first-order chi connectivity index (χ1) is 9.79. The third kappa shape index (κ3) is 3.72. The van der Waals surface area contributed by atoms with Gasteiger partial charge < -0.3 is 5.32 Å². The highest BCUT2D eigenvalue weighted by Crippen LogP contribution is 2.34. The fourth-order valence-corrected chi connectivity index (χ4v) is 3.61. The van der Waals surface area contributed by atoms with Gasteiger partial charge in [-0.25, -0.2) is 8.42 Å². The van der Waals surface area contributed by atoms with Crippen LogP contribution >= 0.6 is 0 Å². The summed E-state index contributed by atoms with van der Waals surface area (Å²) in [7, 11) is -3.63. The minimum absolute atomic E-state index is 0.162. The number of nitro benzene ring substituents is 1. The Labute approximate surface area is 124 Å². The molecule has 1 aliphatic rings. The molecule has 2 rings (SSSR count). The molecule has 0 saturated heterocycles. The van der Waals surface area contributed by atoms with Crippen molar-refractivity contribution in [1.82, 2.24) is 0 Å². The smallest absolute Gasteiger partial charge is 0.310 e. The summed E-state index contributed by atoms with van der Waals surface area (Å²) in [6.07, 6.45) is 5.04. The van der Waals surface area contributed by atoms with Crippen molar-refractivity contribution in [3.05, 3.63) is 28.3 Å². The molecule has 0 aromatic heterocycles. The molecule has 21 heavy (non-hydrogen) atoms. The van der Waals surface area contributed by atoms with Gasteiger partial charge in [-0.3, -0.25) is 10.1 Å². The maximum absolute atomic E-state index is 11.7. The first-order valence-electron chi connectivity index (χ1n) is 7.03. The summed E-state index contributed by atoms with van der Waals surface area (Å²) in [4.78, 5) is 10.4. The van der Waals surface area contributed by atoms with Crippen molar-refractivity contribution < 1.29 is 13.3 Å². The largest absolute Gasteiger partial charge is 0.377 e. The van der Waals surface area contributed by atoms with E-state index in [1.165, 1.54) is 12.1 Å².